The van der Waals surface area contributed by atoms with Crippen molar-refractivity contribution in [1.82, 2.24) is 0 Å². The molecule has 1 rings (SSSR count). The first-order valence-corrected chi connectivity index (χ1v) is 4.64. The first-order chi connectivity index (χ1) is 7.15. The highest BCUT2D eigenvalue weighted by Gasteiger charge is 2.13. The lowest BCUT2D eigenvalue weighted by Gasteiger charge is -2.15. The van der Waals surface area contributed by atoms with Crippen molar-refractivity contribution in [2.45, 2.75) is 19.1 Å². The number of hydrogen-bond acceptors (Lipinski definition) is 3. The molecule has 0 aliphatic rings. The van der Waals surface area contributed by atoms with E-state index in [1.165, 1.54) is 6.07 Å². The zero-order valence-corrected chi connectivity index (χ0v) is 9.42. The summed E-state index contributed by atoms with van der Waals surface area (Å²) in [6.07, 6.45) is 0.531. The molecule has 0 aliphatic carbocycles. The molecule has 1 atom stereocenters. The van der Waals surface area contributed by atoms with Crippen molar-refractivity contribution in [3.8, 4) is 5.75 Å². The Morgan fingerprint density at radius 3 is 2.44 bits per heavy atom. The summed E-state index contributed by atoms with van der Waals surface area (Å²) in [5.41, 5.74) is 11.7. The third kappa shape index (κ3) is 4.30. The Bertz CT molecular complexity index is 313. The van der Waals surface area contributed by atoms with Gasteiger partial charge >= 0.3 is 6.61 Å². The molecule has 0 spiro atoms. The molecule has 4 N–H and O–H groups in total. The summed E-state index contributed by atoms with van der Waals surface area (Å²) in [4.78, 5) is 0. The van der Waals surface area contributed by atoms with E-state index in [1.807, 2.05) is 0 Å². The van der Waals surface area contributed by atoms with E-state index >= 15 is 0 Å². The van der Waals surface area contributed by atoms with Crippen LogP contribution in [-0.2, 0) is 0 Å². The van der Waals surface area contributed by atoms with E-state index in [9.17, 15) is 8.78 Å². The second-order valence-corrected chi connectivity index (χ2v) is 3.10. The molecule has 0 amide bonds. The zero-order chi connectivity index (χ0) is 11.3. The molecular weight excluding hydrogens is 238 g/mol. The summed E-state index contributed by atoms with van der Waals surface area (Å²) in [6.45, 7) is -2.43. The number of benzene rings is 1. The number of para-hydroxylation sites is 1. The van der Waals surface area contributed by atoms with E-state index in [0.717, 1.165) is 0 Å². The standard InChI is InChI=1S/C10H14F2N2O.ClH/c11-10(12)15-9-4-2-1-3-7(9)8(14)5-6-13;/h1-4,8,10H,5-6,13-14H2;1H/t8-;/m1./s1. The lowest BCUT2D eigenvalue weighted by atomic mass is 10.0. The van der Waals surface area contributed by atoms with E-state index < -0.39 is 6.61 Å². The van der Waals surface area contributed by atoms with Crippen LogP contribution in [0.2, 0.25) is 0 Å². The normalized spacial score (nSPS) is 12.1. The quantitative estimate of drug-likeness (QED) is 0.843. The number of alkyl halides is 2. The summed E-state index contributed by atoms with van der Waals surface area (Å²) >= 11 is 0. The van der Waals surface area contributed by atoms with Gasteiger partial charge in [-0.05, 0) is 19.0 Å². The van der Waals surface area contributed by atoms with Crippen LogP contribution < -0.4 is 16.2 Å². The summed E-state index contributed by atoms with van der Waals surface area (Å²) in [7, 11) is 0. The van der Waals surface area contributed by atoms with Gasteiger partial charge in [0.25, 0.3) is 0 Å². The molecule has 0 saturated carbocycles. The Labute approximate surface area is 99.2 Å². The van der Waals surface area contributed by atoms with Crippen LogP contribution in [0.1, 0.15) is 18.0 Å². The van der Waals surface area contributed by atoms with Crippen LogP contribution in [0.25, 0.3) is 0 Å². The van der Waals surface area contributed by atoms with Crippen molar-refractivity contribution in [3.63, 3.8) is 0 Å². The number of halogens is 3. The topological polar surface area (TPSA) is 61.3 Å². The van der Waals surface area contributed by atoms with Crippen LogP contribution >= 0.6 is 12.4 Å². The minimum atomic E-state index is -2.84. The van der Waals surface area contributed by atoms with Crippen molar-refractivity contribution < 1.29 is 13.5 Å². The molecule has 16 heavy (non-hydrogen) atoms. The Balaban J connectivity index is 0.00000225. The first kappa shape index (κ1) is 15.1. The fourth-order valence-corrected chi connectivity index (χ4v) is 1.33. The number of rotatable bonds is 5. The molecule has 1 aromatic rings. The predicted molar refractivity (Wildman–Crippen MR) is 60.9 cm³/mol. The van der Waals surface area contributed by atoms with Gasteiger partial charge in [0.15, 0.2) is 0 Å². The highest BCUT2D eigenvalue weighted by atomic mass is 35.5. The van der Waals surface area contributed by atoms with Crippen LogP contribution in [0.3, 0.4) is 0 Å². The van der Waals surface area contributed by atoms with Crippen LogP contribution in [0.15, 0.2) is 24.3 Å². The highest BCUT2D eigenvalue weighted by Crippen LogP contribution is 2.26. The SMILES string of the molecule is Cl.NCC[C@@H](N)c1ccccc1OC(F)F. The molecule has 0 fully saturated rings. The largest absolute Gasteiger partial charge is 0.434 e. The fraction of sp³-hybridized carbons (Fsp3) is 0.400. The van der Waals surface area contributed by atoms with Gasteiger partial charge in [-0.3, -0.25) is 0 Å². The molecule has 0 saturated heterocycles. The van der Waals surface area contributed by atoms with Gasteiger partial charge < -0.3 is 16.2 Å². The zero-order valence-electron chi connectivity index (χ0n) is 8.61. The lowest BCUT2D eigenvalue weighted by Crippen LogP contribution is -2.17. The third-order valence-electron chi connectivity index (χ3n) is 2.01. The summed E-state index contributed by atoms with van der Waals surface area (Å²) in [5, 5.41) is 0. The summed E-state index contributed by atoms with van der Waals surface area (Å²) in [6, 6.07) is 6.11. The molecule has 3 nitrogen and oxygen atoms in total. The van der Waals surface area contributed by atoms with Gasteiger partial charge in [0.2, 0.25) is 0 Å². The van der Waals surface area contributed by atoms with Gasteiger partial charge in [0, 0.05) is 11.6 Å². The van der Waals surface area contributed by atoms with E-state index in [2.05, 4.69) is 4.74 Å². The molecular formula is C10H15ClF2N2O. The third-order valence-corrected chi connectivity index (χ3v) is 2.01. The molecule has 6 heteroatoms. The molecule has 1 aromatic carbocycles. The second kappa shape index (κ2) is 7.38. The summed E-state index contributed by atoms with van der Waals surface area (Å²) in [5.74, 6) is 0.119. The Morgan fingerprint density at radius 1 is 1.25 bits per heavy atom. The molecule has 0 heterocycles. The Morgan fingerprint density at radius 2 is 1.88 bits per heavy atom. The van der Waals surface area contributed by atoms with Crippen molar-refractivity contribution in [3.05, 3.63) is 29.8 Å². The average molecular weight is 253 g/mol. The first-order valence-electron chi connectivity index (χ1n) is 4.64. The smallest absolute Gasteiger partial charge is 0.387 e. The van der Waals surface area contributed by atoms with Crippen molar-refractivity contribution in [1.29, 1.82) is 0 Å². The van der Waals surface area contributed by atoms with Gasteiger partial charge in [0.1, 0.15) is 5.75 Å². The molecule has 0 aliphatic heterocycles. The van der Waals surface area contributed by atoms with Crippen LogP contribution in [0.4, 0.5) is 8.78 Å². The van der Waals surface area contributed by atoms with E-state index in [1.54, 1.807) is 18.2 Å². The maximum atomic E-state index is 12.1. The van der Waals surface area contributed by atoms with Crippen molar-refractivity contribution in [2.24, 2.45) is 11.5 Å². The monoisotopic (exact) mass is 252 g/mol. The van der Waals surface area contributed by atoms with Gasteiger partial charge in [-0.1, -0.05) is 18.2 Å². The molecule has 92 valence electrons. The van der Waals surface area contributed by atoms with Crippen molar-refractivity contribution in [2.75, 3.05) is 6.54 Å². The van der Waals surface area contributed by atoms with Gasteiger partial charge in [-0.15, -0.1) is 12.4 Å². The van der Waals surface area contributed by atoms with Crippen LogP contribution in [-0.4, -0.2) is 13.2 Å². The molecule has 0 aromatic heterocycles. The molecule has 0 radical (unpaired) electrons. The number of nitrogens with two attached hydrogens (primary N) is 2. The van der Waals surface area contributed by atoms with E-state index in [4.69, 9.17) is 11.5 Å². The number of hydrogen-bond donors (Lipinski definition) is 2. The molecule has 0 unspecified atom stereocenters. The number of ether oxygens (including phenoxy) is 1. The van der Waals surface area contributed by atoms with E-state index in [0.29, 0.717) is 18.5 Å². The second-order valence-electron chi connectivity index (χ2n) is 3.10. The maximum Gasteiger partial charge on any atom is 0.387 e. The van der Waals surface area contributed by atoms with Gasteiger partial charge in [-0.2, -0.15) is 8.78 Å². The van der Waals surface area contributed by atoms with Crippen LogP contribution in [0.5, 0.6) is 5.75 Å². The summed E-state index contributed by atoms with van der Waals surface area (Å²) < 4.78 is 28.5. The van der Waals surface area contributed by atoms with E-state index in [-0.39, 0.29) is 24.2 Å². The molecule has 0 bridgehead atoms. The lowest BCUT2D eigenvalue weighted by molar-refractivity contribution is -0.0506. The minimum Gasteiger partial charge on any atom is -0.434 e. The Hall–Kier alpha value is -0.910. The van der Waals surface area contributed by atoms with Gasteiger partial charge in [0.05, 0.1) is 0 Å². The maximum absolute atomic E-state index is 12.1. The Kier molecular flexibility index (Phi) is 6.96. The average Bonchev–Trinajstić information content (AvgIpc) is 2.18. The van der Waals surface area contributed by atoms with Crippen LogP contribution in [0, 0.1) is 0 Å². The minimum absolute atomic E-state index is 0. The highest BCUT2D eigenvalue weighted by molar-refractivity contribution is 5.85. The van der Waals surface area contributed by atoms with Crippen molar-refractivity contribution >= 4 is 12.4 Å². The predicted octanol–water partition coefficient (Wildman–Crippen LogP) is 2.06. The fourth-order valence-electron chi connectivity index (χ4n) is 1.33. The van der Waals surface area contributed by atoms with Gasteiger partial charge in [-0.25, -0.2) is 0 Å².